The molecule has 2 heteroatoms. The summed E-state index contributed by atoms with van der Waals surface area (Å²) >= 11 is 3.45. The first-order valence-electron chi connectivity index (χ1n) is 5.27. The molecule has 1 aliphatic carbocycles. The van der Waals surface area contributed by atoms with Crippen LogP contribution < -0.4 is 0 Å². The number of ether oxygens (including phenoxy) is 1. The van der Waals surface area contributed by atoms with Gasteiger partial charge < -0.3 is 4.74 Å². The molecule has 0 aromatic heterocycles. The number of rotatable bonds is 2. The Kier molecular flexibility index (Phi) is 3.60. The molecule has 0 bridgehead atoms. The first-order valence-corrected chi connectivity index (χ1v) is 6.06. The van der Waals surface area contributed by atoms with E-state index in [0.29, 0.717) is 6.10 Å². The molecular weight excluding hydrogens is 252 g/mol. The van der Waals surface area contributed by atoms with Crippen molar-refractivity contribution in [3.8, 4) is 0 Å². The quantitative estimate of drug-likeness (QED) is 0.786. The molecule has 0 fully saturated rings. The fourth-order valence-corrected chi connectivity index (χ4v) is 2.24. The molecule has 0 aliphatic heterocycles. The third kappa shape index (κ3) is 2.70. The lowest BCUT2D eigenvalue weighted by Crippen LogP contribution is -2.14. The van der Waals surface area contributed by atoms with Crippen molar-refractivity contribution in [3.05, 3.63) is 40.4 Å². The smallest absolute Gasteiger partial charge is 0.0614 e. The summed E-state index contributed by atoms with van der Waals surface area (Å²) in [6.45, 7) is 0. The van der Waals surface area contributed by atoms with E-state index in [1.54, 1.807) is 7.11 Å². The van der Waals surface area contributed by atoms with Gasteiger partial charge in [-0.2, -0.15) is 0 Å². The van der Waals surface area contributed by atoms with Crippen LogP contribution in [0, 0.1) is 0 Å². The number of hydrogen-bond acceptors (Lipinski definition) is 1. The Bertz CT molecular complexity index is 353. The van der Waals surface area contributed by atoms with Crippen molar-refractivity contribution in [1.82, 2.24) is 0 Å². The maximum Gasteiger partial charge on any atom is 0.0614 e. The number of hydrogen-bond donors (Lipinski definition) is 0. The molecule has 1 atom stereocenters. The summed E-state index contributed by atoms with van der Waals surface area (Å²) in [4.78, 5) is 0. The van der Waals surface area contributed by atoms with E-state index in [2.05, 4.69) is 46.3 Å². The highest BCUT2D eigenvalue weighted by atomic mass is 79.9. The van der Waals surface area contributed by atoms with Crippen molar-refractivity contribution in [2.45, 2.75) is 25.4 Å². The Labute approximate surface area is 99.3 Å². The van der Waals surface area contributed by atoms with E-state index >= 15 is 0 Å². The van der Waals surface area contributed by atoms with E-state index in [1.807, 2.05) is 0 Å². The van der Waals surface area contributed by atoms with Crippen molar-refractivity contribution in [1.29, 1.82) is 0 Å². The standard InChI is InChI=1S/C13H15BrO/c1-15-13-4-2-3-11(9-13)10-5-7-12(14)8-6-10/h3,5-8,13H,2,4,9H2,1H3. The molecule has 2 rings (SSSR count). The molecule has 0 amide bonds. The van der Waals surface area contributed by atoms with Gasteiger partial charge in [0.05, 0.1) is 6.10 Å². The zero-order chi connectivity index (χ0) is 10.7. The van der Waals surface area contributed by atoms with Gasteiger partial charge in [0.1, 0.15) is 0 Å². The average molecular weight is 267 g/mol. The van der Waals surface area contributed by atoms with Crippen LogP contribution in [0.15, 0.2) is 34.8 Å². The highest BCUT2D eigenvalue weighted by molar-refractivity contribution is 9.10. The van der Waals surface area contributed by atoms with Crippen LogP contribution in [0.4, 0.5) is 0 Å². The van der Waals surface area contributed by atoms with E-state index in [4.69, 9.17) is 4.74 Å². The first-order chi connectivity index (χ1) is 7.29. The van der Waals surface area contributed by atoms with Gasteiger partial charge in [0.2, 0.25) is 0 Å². The molecule has 15 heavy (non-hydrogen) atoms. The molecule has 0 saturated carbocycles. The predicted octanol–water partition coefficient (Wildman–Crippen LogP) is 4.03. The molecule has 0 N–H and O–H groups in total. The summed E-state index contributed by atoms with van der Waals surface area (Å²) in [5.41, 5.74) is 2.74. The minimum absolute atomic E-state index is 0.397. The van der Waals surface area contributed by atoms with Gasteiger partial charge in [-0.25, -0.2) is 0 Å². The van der Waals surface area contributed by atoms with Crippen molar-refractivity contribution in [3.63, 3.8) is 0 Å². The van der Waals surface area contributed by atoms with Crippen molar-refractivity contribution >= 4 is 21.5 Å². The summed E-state index contributed by atoms with van der Waals surface area (Å²) in [6, 6.07) is 8.50. The lowest BCUT2D eigenvalue weighted by atomic mass is 9.92. The molecule has 0 radical (unpaired) electrons. The van der Waals surface area contributed by atoms with E-state index in [9.17, 15) is 0 Å². The monoisotopic (exact) mass is 266 g/mol. The highest BCUT2D eigenvalue weighted by Gasteiger charge is 2.15. The fraction of sp³-hybridized carbons (Fsp3) is 0.385. The minimum atomic E-state index is 0.397. The van der Waals surface area contributed by atoms with Crippen molar-refractivity contribution in [2.24, 2.45) is 0 Å². The van der Waals surface area contributed by atoms with E-state index in [1.165, 1.54) is 11.1 Å². The molecule has 0 spiro atoms. The van der Waals surface area contributed by atoms with Crippen LogP contribution in [-0.2, 0) is 4.74 Å². The molecular formula is C13H15BrO. The van der Waals surface area contributed by atoms with Gasteiger partial charge >= 0.3 is 0 Å². The lowest BCUT2D eigenvalue weighted by molar-refractivity contribution is 0.0977. The van der Waals surface area contributed by atoms with Crippen LogP contribution in [0.2, 0.25) is 0 Å². The zero-order valence-corrected chi connectivity index (χ0v) is 10.5. The van der Waals surface area contributed by atoms with E-state index in [0.717, 1.165) is 23.7 Å². The molecule has 1 aliphatic rings. The Morgan fingerprint density at radius 3 is 2.67 bits per heavy atom. The summed E-state index contributed by atoms with van der Waals surface area (Å²) in [5, 5.41) is 0. The lowest BCUT2D eigenvalue weighted by Gasteiger charge is -2.21. The second-order valence-corrected chi connectivity index (χ2v) is 4.79. The van der Waals surface area contributed by atoms with Gasteiger partial charge in [-0.1, -0.05) is 34.1 Å². The topological polar surface area (TPSA) is 9.23 Å². The second kappa shape index (κ2) is 4.95. The van der Waals surface area contributed by atoms with Gasteiger partial charge in [0.15, 0.2) is 0 Å². The Morgan fingerprint density at radius 2 is 2.00 bits per heavy atom. The average Bonchev–Trinajstić information content (AvgIpc) is 2.30. The zero-order valence-electron chi connectivity index (χ0n) is 8.87. The molecule has 0 heterocycles. The Morgan fingerprint density at radius 1 is 1.27 bits per heavy atom. The largest absolute Gasteiger partial charge is 0.381 e. The van der Waals surface area contributed by atoms with Crippen LogP contribution in [0.5, 0.6) is 0 Å². The number of halogens is 1. The predicted molar refractivity (Wildman–Crippen MR) is 66.8 cm³/mol. The van der Waals surface area contributed by atoms with Crippen molar-refractivity contribution in [2.75, 3.05) is 7.11 Å². The number of allylic oxidation sites excluding steroid dienone is 1. The van der Waals surface area contributed by atoms with Crippen LogP contribution >= 0.6 is 15.9 Å². The molecule has 0 saturated heterocycles. The normalized spacial score (nSPS) is 21.2. The highest BCUT2D eigenvalue weighted by Crippen LogP contribution is 2.28. The molecule has 1 aromatic carbocycles. The second-order valence-electron chi connectivity index (χ2n) is 3.88. The molecule has 1 aromatic rings. The van der Waals surface area contributed by atoms with Crippen molar-refractivity contribution < 1.29 is 4.74 Å². The van der Waals surface area contributed by atoms with Crippen LogP contribution in [0.25, 0.3) is 5.57 Å². The third-order valence-corrected chi connectivity index (χ3v) is 3.40. The third-order valence-electron chi connectivity index (χ3n) is 2.88. The van der Waals surface area contributed by atoms with E-state index < -0.39 is 0 Å². The molecule has 80 valence electrons. The maximum absolute atomic E-state index is 5.42. The molecule has 1 nitrogen and oxygen atoms in total. The van der Waals surface area contributed by atoms with Crippen LogP contribution in [-0.4, -0.2) is 13.2 Å². The van der Waals surface area contributed by atoms with Crippen LogP contribution in [0.3, 0.4) is 0 Å². The SMILES string of the molecule is COC1CCC=C(c2ccc(Br)cc2)C1. The number of benzene rings is 1. The van der Waals surface area contributed by atoms with Gasteiger partial charge in [-0.05, 0) is 42.5 Å². The minimum Gasteiger partial charge on any atom is -0.381 e. The maximum atomic E-state index is 5.42. The summed E-state index contributed by atoms with van der Waals surface area (Å²) in [6.07, 6.45) is 6.05. The Balaban J connectivity index is 2.17. The van der Waals surface area contributed by atoms with Gasteiger partial charge in [-0.15, -0.1) is 0 Å². The summed E-state index contributed by atoms with van der Waals surface area (Å²) in [5.74, 6) is 0. The van der Waals surface area contributed by atoms with E-state index in [-0.39, 0.29) is 0 Å². The molecule has 1 unspecified atom stereocenters. The summed E-state index contributed by atoms with van der Waals surface area (Å²) in [7, 11) is 1.80. The fourth-order valence-electron chi connectivity index (χ4n) is 1.97. The van der Waals surface area contributed by atoms with Gasteiger partial charge in [0.25, 0.3) is 0 Å². The number of methoxy groups -OCH3 is 1. The van der Waals surface area contributed by atoms with Gasteiger partial charge in [-0.3, -0.25) is 0 Å². The van der Waals surface area contributed by atoms with Crippen LogP contribution in [0.1, 0.15) is 24.8 Å². The first kappa shape index (κ1) is 10.9. The Hall–Kier alpha value is -0.600. The van der Waals surface area contributed by atoms with Gasteiger partial charge in [0, 0.05) is 11.6 Å². The summed E-state index contributed by atoms with van der Waals surface area (Å²) < 4.78 is 6.55.